The molecule has 0 radical (unpaired) electrons. The van der Waals surface area contributed by atoms with Crippen molar-refractivity contribution < 1.29 is 9.59 Å². The molecule has 1 N–H and O–H groups in total. The Morgan fingerprint density at radius 1 is 1.04 bits per heavy atom. The topological polar surface area (TPSA) is 49.4 Å². The molecule has 2 aromatic rings. The molecule has 6 heteroatoms. The maximum absolute atomic E-state index is 12.1. The predicted octanol–water partition coefficient (Wildman–Crippen LogP) is 3.77. The van der Waals surface area contributed by atoms with Gasteiger partial charge in [0.1, 0.15) is 0 Å². The van der Waals surface area contributed by atoms with Gasteiger partial charge in [0, 0.05) is 42.2 Å². The van der Waals surface area contributed by atoms with E-state index in [1.807, 2.05) is 12.1 Å². The summed E-state index contributed by atoms with van der Waals surface area (Å²) in [6.45, 7) is 2.76. The van der Waals surface area contributed by atoms with Crippen LogP contribution in [0, 0.1) is 0 Å². The average molecular weight is 365 g/mol. The fourth-order valence-electron chi connectivity index (χ4n) is 2.19. The van der Waals surface area contributed by atoms with Crippen LogP contribution < -0.4 is 5.32 Å². The van der Waals surface area contributed by atoms with Gasteiger partial charge < -0.3 is 10.2 Å². The van der Waals surface area contributed by atoms with Gasteiger partial charge in [-0.1, -0.05) is 41.4 Å². The van der Waals surface area contributed by atoms with Crippen LogP contribution in [-0.4, -0.2) is 29.8 Å². The molecule has 0 bridgehead atoms. The van der Waals surface area contributed by atoms with Crippen molar-refractivity contribution in [1.82, 2.24) is 10.2 Å². The van der Waals surface area contributed by atoms with E-state index in [4.69, 9.17) is 23.2 Å². The second kappa shape index (κ2) is 8.71. The van der Waals surface area contributed by atoms with Crippen molar-refractivity contribution in [1.29, 1.82) is 0 Å². The van der Waals surface area contributed by atoms with Crippen molar-refractivity contribution in [2.75, 3.05) is 13.1 Å². The van der Waals surface area contributed by atoms with Gasteiger partial charge in [0.2, 0.25) is 5.91 Å². The zero-order valence-electron chi connectivity index (χ0n) is 13.3. The number of hydrogen-bond donors (Lipinski definition) is 1. The lowest BCUT2D eigenvalue weighted by atomic mass is 10.2. The van der Waals surface area contributed by atoms with Gasteiger partial charge in [-0.25, -0.2) is 0 Å². The minimum atomic E-state index is -0.215. The number of halogens is 2. The van der Waals surface area contributed by atoms with Gasteiger partial charge in [0.15, 0.2) is 0 Å². The van der Waals surface area contributed by atoms with Crippen LogP contribution >= 0.6 is 23.2 Å². The van der Waals surface area contributed by atoms with Crippen LogP contribution in [0.25, 0.3) is 0 Å². The van der Waals surface area contributed by atoms with Crippen molar-refractivity contribution in [3.05, 3.63) is 69.7 Å². The van der Waals surface area contributed by atoms with Gasteiger partial charge in [0.25, 0.3) is 5.91 Å². The lowest BCUT2D eigenvalue weighted by Gasteiger charge is -2.21. The fourth-order valence-corrected chi connectivity index (χ4v) is 2.51. The molecule has 0 saturated carbocycles. The second-order valence-electron chi connectivity index (χ2n) is 5.33. The summed E-state index contributed by atoms with van der Waals surface area (Å²) >= 11 is 11.7. The summed E-state index contributed by atoms with van der Waals surface area (Å²) in [5.74, 6) is -0.269. The number of rotatable bonds is 6. The monoisotopic (exact) mass is 364 g/mol. The molecular formula is C18H18Cl2N2O2. The van der Waals surface area contributed by atoms with Crippen molar-refractivity contribution in [2.45, 2.75) is 13.5 Å². The molecule has 0 atom stereocenters. The van der Waals surface area contributed by atoms with E-state index < -0.39 is 0 Å². The molecular weight excluding hydrogens is 347 g/mol. The lowest BCUT2D eigenvalue weighted by Crippen LogP contribution is -2.37. The molecule has 0 heterocycles. The molecule has 2 aromatic carbocycles. The Morgan fingerprint density at radius 2 is 1.75 bits per heavy atom. The maximum atomic E-state index is 12.1. The highest BCUT2D eigenvalue weighted by Gasteiger charge is 2.11. The van der Waals surface area contributed by atoms with E-state index in [1.165, 1.54) is 6.92 Å². The number of hydrogen-bond acceptors (Lipinski definition) is 2. The Kier molecular flexibility index (Phi) is 6.64. The van der Waals surface area contributed by atoms with E-state index in [1.54, 1.807) is 41.3 Å². The number of benzene rings is 2. The van der Waals surface area contributed by atoms with Crippen LogP contribution in [0.2, 0.25) is 10.0 Å². The first-order valence-electron chi connectivity index (χ1n) is 7.49. The Morgan fingerprint density at radius 3 is 2.38 bits per heavy atom. The molecule has 0 aliphatic heterocycles. The summed E-state index contributed by atoms with van der Waals surface area (Å²) in [6, 6.07) is 14.1. The van der Waals surface area contributed by atoms with Crippen molar-refractivity contribution >= 4 is 35.0 Å². The largest absolute Gasteiger partial charge is 0.350 e. The number of carbonyl (C=O) groups excluding carboxylic acids is 2. The van der Waals surface area contributed by atoms with Crippen LogP contribution in [0.1, 0.15) is 22.8 Å². The lowest BCUT2D eigenvalue weighted by molar-refractivity contribution is -0.129. The number of amides is 2. The van der Waals surface area contributed by atoms with Crippen LogP contribution in [-0.2, 0) is 11.3 Å². The quantitative estimate of drug-likeness (QED) is 0.847. The average Bonchev–Trinajstić information content (AvgIpc) is 2.55. The maximum Gasteiger partial charge on any atom is 0.251 e. The number of carbonyl (C=O) groups is 2. The molecule has 4 nitrogen and oxygen atoms in total. The van der Waals surface area contributed by atoms with E-state index in [-0.39, 0.29) is 11.8 Å². The molecule has 0 fully saturated rings. The molecule has 0 aromatic heterocycles. The number of nitrogens with one attached hydrogen (secondary N) is 1. The summed E-state index contributed by atoms with van der Waals surface area (Å²) in [7, 11) is 0. The summed E-state index contributed by atoms with van der Waals surface area (Å²) in [6.07, 6.45) is 0. The van der Waals surface area contributed by atoms with Crippen molar-refractivity contribution in [2.24, 2.45) is 0 Å². The van der Waals surface area contributed by atoms with Gasteiger partial charge in [0.05, 0.1) is 0 Å². The third-order valence-corrected chi connectivity index (χ3v) is 3.97. The summed E-state index contributed by atoms with van der Waals surface area (Å²) in [4.78, 5) is 25.5. The first-order chi connectivity index (χ1) is 11.5. The highest BCUT2D eigenvalue weighted by molar-refractivity contribution is 6.31. The number of nitrogens with zero attached hydrogens (tertiary/aromatic N) is 1. The molecule has 2 amide bonds. The third-order valence-electron chi connectivity index (χ3n) is 3.49. The van der Waals surface area contributed by atoms with E-state index in [2.05, 4.69) is 5.32 Å². The molecule has 0 aliphatic carbocycles. The van der Waals surface area contributed by atoms with Gasteiger partial charge in [-0.2, -0.15) is 0 Å². The molecule has 0 saturated heterocycles. The van der Waals surface area contributed by atoms with Crippen LogP contribution in [0.5, 0.6) is 0 Å². The van der Waals surface area contributed by atoms with Crippen LogP contribution in [0.4, 0.5) is 0 Å². The normalized spacial score (nSPS) is 10.3. The first-order valence-corrected chi connectivity index (χ1v) is 8.25. The van der Waals surface area contributed by atoms with Crippen molar-refractivity contribution in [3.63, 3.8) is 0 Å². The van der Waals surface area contributed by atoms with Gasteiger partial charge in [-0.15, -0.1) is 0 Å². The molecule has 0 spiro atoms. The Labute approximate surface area is 151 Å². The highest BCUT2D eigenvalue weighted by Crippen LogP contribution is 2.12. The minimum Gasteiger partial charge on any atom is -0.350 e. The molecule has 0 aliphatic rings. The van der Waals surface area contributed by atoms with Gasteiger partial charge >= 0.3 is 0 Å². The Bertz CT molecular complexity index is 717. The van der Waals surface area contributed by atoms with Crippen molar-refractivity contribution in [3.8, 4) is 0 Å². The standard InChI is InChI=1S/C18H18Cl2N2O2/c1-13(23)22(12-14-5-7-16(19)8-6-14)10-9-21-18(24)15-3-2-4-17(20)11-15/h2-8,11H,9-10,12H2,1H3,(H,21,24). The highest BCUT2D eigenvalue weighted by atomic mass is 35.5. The van der Waals surface area contributed by atoms with Gasteiger partial charge in [-0.05, 0) is 35.9 Å². The zero-order valence-corrected chi connectivity index (χ0v) is 14.8. The smallest absolute Gasteiger partial charge is 0.251 e. The third kappa shape index (κ3) is 5.55. The first kappa shape index (κ1) is 18.3. The molecule has 2 rings (SSSR count). The SMILES string of the molecule is CC(=O)N(CCNC(=O)c1cccc(Cl)c1)Cc1ccc(Cl)cc1. The van der Waals surface area contributed by atoms with Crippen LogP contribution in [0.15, 0.2) is 48.5 Å². The van der Waals surface area contributed by atoms with Crippen LogP contribution in [0.3, 0.4) is 0 Å². The minimum absolute atomic E-state index is 0.0537. The summed E-state index contributed by atoms with van der Waals surface area (Å²) in [5.41, 5.74) is 1.48. The molecule has 24 heavy (non-hydrogen) atoms. The zero-order chi connectivity index (χ0) is 17.5. The predicted molar refractivity (Wildman–Crippen MR) is 96.3 cm³/mol. The van der Waals surface area contributed by atoms with E-state index >= 15 is 0 Å². The van der Waals surface area contributed by atoms with E-state index in [0.29, 0.717) is 35.2 Å². The van der Waals surface area contributed by atoms with Gasteiger partial charge in [-0.3, -0.25) is 9.59 Å². The summed E-state index contributed by atoms with van der Waals surface area (Å²) in [5, 5.41) is 3.96. The van der Waals surface area contributed by atoms with E-state index in [0.717, 1.165) is 5.56 Å². The summed E-state index contributed by atoms with van der Waals surface area (Å²) < 4.78 is 0. The Balaban J connectivity index is 1.88. The molecule has 0 unspecified atom stereocenters. The second-order valence-corrected chi connectivity index (χ2v) is 6.21. The fraction of sp³-hybridized carbons (Fsp3) is 0.222. The Hall–Kier alpha value is -2.04. The molecule has 126 valence electrons. The van der Waals surface area contributed by atoms with E-state index in [9.17, 15) is 9.59 Å².